The summed E-state index contributed by atoms with van der Waals surface area (Å²) in [5.74, 6) is 0. The Morgan fingerprint density at radius 2 is 1.09 bits per heavy atom. The van der Waals surface area contributed by atoms with Crippen LogP contribution in [0, 0.1) is 0 Å². The summed E-state index contributed by atoms with van der Waals surface area (Å²) in [5.41, 5.74) is 0. The third-order valence-corrected chi connectivity index (χ3v) is 5.83. The first-order chi connectivity index (χ1) is 10.1. The molecule has 22 heavy (non-hydrogen) atoms. The molecule has 136 valence electrons. The zero-order valence-corrected chi connectivity index (χ0v) is 16.4. The summed E-state index contributed by atoms with van der Waals surface area (Å²) in [5, 5.41) is 0. The van der Waals surface area contributed by atoms with Crippen molar-refractivity contribution in [3.8, 4) is 0 Å². The smallest absolute Gasteiger partial charge is 0.692 e. The second-order valence-corrected chi connectivity index (χ2v) is 9.10. The highest BCUT2D eigenvalue weighted by molar-refractivity contribution is 7.79. The molecule has 0 aliphatic rings. The van der Waals surface area contributed by atoms with Crippen molar-refractivity contribution in [1.29, 1.82) is 0 Å². The molecule has 0 aromatic heterocycles. The van der Waals surface area contributed by atoms with Gasteiger partial charge in [-0.1, -0.05) is 40.0 Å². The van der Waals surface area contributed by atoms with Crippen LogP contribution in [0.5, 0.6) is 0 Å². The van der Waals surface area contributed by atoms with Crippen LogP contribution in [0.4, 0.5) is 0 Å². The zero-order valence-electron chi connectivity index (χ0n) is 13.7. The molecule has 0 heterocycles. The molecule has 0 rings (SSSR count). The molecule has 0 radical (unpaired) electrons. The van der Waals surface area contributed by atoms with Gasteiger partial charge in [0.05, 0.1) is 18.5 Å². The summed E-state index contributed by atoms with van der Waals surface area (Å²) < 4.78 is 41.5. The Morgan fingerprint density at radius 3 is 1.23 bits per heavy atom. The van der Waals surface area contributed by atoms with E-state index in [0.29, 0.717) is 0 Å². The molecule has 0 unspecified atom stereocenters. The Balaban J connectivity index is -0.000000330. The number of hydrogen-bond acceptors (Lipinski definition) is 4. The van der Waals surface area contributed by atoms with Crippen LogP contribution in [0.3, 0.4) is 0 Å². The van der Waals surface area contributed by atoms with Gasteiger partial charge in [0.15, 0.2) is 0 Å². The monoisotopic (exact) mass is 381 g/mol. The fraction of sp³-hybridized carbons (Fsp3) is 1.00. The van der Waals surface area contributed by atoms with Crippen molar-refractivity contribution in [1.82, 2.24) is 0 Å². The van der Waals surface area contributed by atoms with Crippen LogP contribution in [-0.4, -0.2) is 45.8 Å². The minimum absolute atomic E-state index is 0.0675. The molecule has 0 aromatic rings. The first kappa shape index (κ1) is 27.2. The molecule has 0 atom stereocenters. The fourth-order valence-electron chi connectivity index (χ4n) is 1.66. The second-order valence-electron chi connectivity index (χ2n) is 4.74. The minimum Gasteiger partial charge on any atom is -0.726 e. The van der Waals surface area contributed by atoms with Gasteiger partial charge in [-0.15, -0.1) is 9.79 Å². The van der Waals surface area contributed by atoms with Gasteiger partial charge < -0.3 is 4.55 Å². The van der Waals surface area contributed by atoms with Crippen LogP contribution in [-0.2, 0) is 15.0 Å². The van der Waals surface area contributed by atoms with E-state index in [0.717, 1.165) is 0 Å². The summed E-state index contributed by atoms with van der Waals surface area (Å²) in [4.78, 5) is 14.2. The van der Waals surface area contributed by atoms with Gasteiger partial charge in [-0.3, -0.25) is 4.55 Å². The van der Waals surface area contributed by atoms with Gasteiger partial charge in [-0.25, -0.2) is 8.42 Å². The summed E-state index contributed by atoms with van der Waals surface area (Å²) in [6.07, 6.45) is 13.4. The third kappa shape index (κ3) is 50.0. The lowest BCUT2D eigenvalue weighted by molar-refractivity contribution is 0.366. The molecule has 0 aliphatic heterocycles. The van der Waals surface area contributed by atoms with Crippen LogP contribution in [0.2, 0.25) is 0 Å². The van der Waals surface area contributed by atoms with Gasteiger partial charge >= 0.3 is 8.25 Å². The molecule has 0 bridgehead atoms. The molecule has 0 aliphatic carbocycles. The molecule has 0 aromatic carbocycles. The van der Waals surface area contributed by atoms with E-state index in [4.69, 9.17) is 31.9 Å². The maximum atomic E-state index is 8.70. The Morgan fingerprint density at radius 1 is 0.909 bits per heavy atom. The molecule has 7 nitrogen and oxygen atoms in total. The highest BCUT2D eigenvalue weighted by Crippen LogP contribution is 2.38. The van der Waals surface area contributed by atoms with E-state index < -0.39 is 18.7 Å². The Labute approximate surface area is 136 Å². The molecule has 10 heteroatoms. The van der Waals surface area contributed by atoms with Crippen molar-refractivity contribution < 1.29 is 31.9 Å². The van der Waals surface area contributed by atoms with Gasteiger partial charge in [0.1, 0.15) is 0 Å². The van der Waals surface area contributed by atoms with E-state index >= 15 is 0 Å². The number of unbranched alkanes of at least 4 members (excludes halogenated alkanes) is 3. The second kappa shape index (κ2) is 19.4. The standard InChI is InChI=1S/C12H27P.H2O4S.HO3P/c1-4-7-10-13(11-8-5-2)12-9-6-3;1-5(2,3)4;1-4(2)3/h4-12H2,1-3H3;(H2,1,2,3,4);(H-,1,2,3)/p+1. The SMILES string of the molecule is CCCC[PH+](CCCC)CCCC.O=S(=O)([O-])O.O=[P+](O)O. The van der Waals surface area contributed by atoms with Crippen molar-refractivity contribution in [2.24, 2.45) is 0 Å². The highest BCUT2D eigenvalue weighted by Gasteiger charge is 2.12. The molecular formula is C12H31O7P2S+. The summed E-state index contributed by atoms with van der Waals surface area (Å²) in [7, 11) is -7.72. The van der Waals surface area contributed by atoms with E-state index in [2.05, 4.69) is 20.8 Å². The molecule has 0 amide bonds. The Kier molecular flexibility index (Phi) is 23.9. The Hall–Kier alpha value is 0.320. The quantitative estimate of drug-likeness (QED) is 0.317. The van der Waals surface area contributed by atoms with E-state index in [1.165, 1.54) is 38.5 Å². The summed E-state index contributed by atoms with van der Waals surface area (Å²) in [6, 6.07) is 0. The average Bonchev–Trinajstić information content (AvgIpc) is 2.35. The largest absolute Gasteiger partial charge is 0.726 e. The van der Waals surface area contributed by atoms with Crippen LogP contribution >= 0.6 is 16.2 Å². The fourth-order valence-corrected chi connectivity index (χ4v) is 4.97. The zero-order chi connectivity index (χ0) is 18.0. The van der Waals surface area contributed by atoms with Gasteiger partial charge in [0.2, 0.25) is 10.4 Å². The van der Waals surface area contributed by atoms with Gasteiger partial charge in [0.25, 0.3) is 0 Å². The van der Waals surface area contributed by atoms with E-state index in [1.54, 1.807) is 18.5 Å². The van der Waals surface area contributed by atoms with Gasteiger partial charge in [0, 0.05) is 12.5 Å². The lowest BCUT2D eigenvalue weighted by Crippen LogP contribution is -1.95. The Bertz CT molecular complexity index is 305. The predicted molar refractivity (Wildman–Crippen MR) is 92.0 cm³/mol. The number of hydrogen-bond donors (Lipinski definition) is 3. The molecule has 0 saturated heterocycles. The van der Waals surface area contributed by atoms with Crippen LogP contribution in [0.1, 0.15) is 59.3 Å². The molecule has 0 saturated carbocycles. The first-order valence-electron chi connectivity index (χ1n) is 7.45. The van der Waals surface area contributed by atoms with E-state index in [9.17, 15) is 0 Å². The lowest BCUT2D eigenvalue weighted by atomic mass is 10.4. The molecular weight excluding hydrogens is 350 g/mol. The maximum Gasteiger partial charge on any atom is 0.692 e. The molecule has 0 fully saturated rings. The highest BCUT2D eigenvalue weighted by atomic mass is 32.3. The van der Waals surface area contributed by atoms with Crippen molar-refractivity contribution in [2.75, 3.05) is 18.5 Å². The summed E-state index contributed by atoms with van der Waals surface area (Å²) >= 11 is 0. The molecule has 3 N–H and O–H groups in total. The van der Waals surface area contributed by atoms with Crippen LogP contribution < -0.4 is 0 Å². The minimum atomic E-state index is -4.92. The molecule has 0 spiro atoms. The maximum absolute atomic E-state index is 8.70. The van der Waals surface area contributed by atoms with Crippen molar-refractivity contribution >= 4 is 26.6 Å². The third-order valence-electron chi connectivity index (χ3n) is 2.65. The number of rotatable bonds is 9. The summed E-state index contributed by atoms with van der Waals surface area (Å²) in [6.45, 7) is 6.96. The van der Waals surface area contributed by atoms with Crippen molar-refractivity contribution in [2.45, 2.75) is 59.3 Å². The normalized spacial score (nSPS) is 10.4. The van der Waals surface area contributed by atoms with Gasteiger partial charge in [-0.2, -0.15) is 0 Å². The van der Waals surface area contributed by atoms with Crippen molar-refractivity contribution in [3.63, 3.8) is 0 Å². The predicted octanol–water partition coefficient (Wildman–Crippen LogP) is 3.23. The lowest BCUT2D eigenvalue weighted by Gasteiger charge is -2.09. The topological polar surface area (TPSA) is 135 Å². The van der Waals surface area contributed by atoms with Crippen molar-refractivity contribution in [3.05, 3.63) is 0 Å². The first-order valence-corrected chi connectivity index (χ1v) is 12.1. The van der Waals surface area contributed by atoms with Crippen LogP contribution in [0.15, 0.2) is 0 Å². The van der Waals surface area contributed by atoms with E-state index in [-0.39, 0.29) is 7.92 Å². The van der Waals surface area contributed by atoms with E-state index in [1.807, 2.05) is 0 Å². The average molecular weight is 381 g/mol. The van der Waals surface area contributed by atoms with Crippen LogP contribution in [0.25, 0.3) is 0 Å². The van der Waals surface area contributed by atoms with Gasteiger partial charge in [-0.05, 0) is 19.3 Å².